The quantitative estimate of drug-likeness (QED) is 0.559. The van der Waals surface area contributed by atoms with Gasteiger partial charge < -0.3 is 14.2 Å². The summed E-state index contributed by atoms with van der Waals surface area (Å²) in [5.74, 6) is -0.445. The first kappa shape index (κ1) is 19.7. The molecule has 3 rings (SSSR count). The molecule has 0 fully saturated rings. The van der Waals surface area contributed by atoms with E-state index in [1.54, 1.807) is 27.2 Å². The molecule has 28 heavy (non-hydrogen) atoms. The third kappa shape index (κ3) is 4.09. The fraction of sp³-hybridized carbons (Fsp3) is 0.304. The summed E-state index contributed by atoms with van der Waals surface area (Å²) in [6.07, 6.45) is 2.12. The van der Waals surface area contributed by atoms with Crippen LogP contribution in [0.5, 0.6) is 11.5 Å². The largest absolute Gasteiger partial charge is 0.497 e. The van der Waals surface area contributed by atoms with Gasteiger partial charge in [-0.1, -0.05) is 24.3 Å². The van der Waals surface area contributed by atoms with Gasteiger partial charge in [0.05, 0.1) is 20.8 Å². The van der Waals surface area contributed by atoms with Crippen molar-refractivity contribution in [1.29, 1.82) is 0 Å². The lowest BCUT2D eigenvalue weighted by atomic mass is 9.73. The number of ketones is 1. The van der Waals surface area contributed by atoms with Crippen LogP contribution >= 0.6 is 0 Å². The van der Waals surface area contributed by atoms with Crippen LogP contribution in [-0.4, -0.2) is 32.6 Å². The molecule has 0 aromatic heterocycles. The van der Waals surface area contributed by atoms with Crippen molar-refractivity contribution in [3.05, 3.63) is 65.7 Å². The average Bonchev–Trinajstić information content (AvgIpc) is 2.73. The molecule has 2 aromatic carbocycles. The molecule has 2 aromatic rings. The Bertz CT molecular complexity index is 882. The van der Waals surface area contributed by atoms with E-state index >= 15 is 0 Å². The summed E-state index contributed by atoms with van der Waals surface area (Å²) < 4.78 is 15.7. The lowest BCUT2D eigenvalue weighted by Gasteiger charge is -2.29. The zero-order chi connectivity index (χ0) is 20.1. The van der Waals surface area contributed by atoms with E-state index in [-0.39, 0.29) is 18.3 Å². The van der Waals surface area contributed by atoms with E-state index in [1.807, 2.05) is 48.5 Å². The molecular formula is C23H24O5. The molecule has 0 heterocycles. The summed E-state index contributed by atoms with van der Waals surface area (Å²) in [5.41, 5.74) is 2.70. The number of rotatable bonds is 6. The Kier molecular flexibility index (Phi) is 6.14. The van der Waals surface area contributed by atoms with Gasteiger partial charge in [-0.05, 0) is 60.4 Å². The topological polar surface area (TPSA) is 61.8 Å². The van der Waals surface area contributed by atoms with Crippen LogP contribution in [0.3, 0.4) is 0 Å². The normalized spacial score (nSPS) is 19.0. The van der Waals surface area contributed by atoms with E-state index in [1.165, 1.54) is 0 Å². The van der Waals surface area contributed by atoms with Gasteiger partial charge in [0.15, 0.2) is 5.78 Å². The highest BCUT2D eigenvalue weighted by atomic mass is 16.5. The Balaban J connectivity index is 2.01. The molecule has 0 saturated carbocycles. The van der Waals surface area contributed by atoms with Crippen molar-refractivity contribution in [2.24, 2.45) is 5.92 Å². The smallest absolute Gasteiger partial charge is 0.317 e. The Morgan fingerprint density at radius 2 is 1.75 bits per heavy atom. The molecule has 0 saturated heterocycles. The fourth-order valence-corrected chi connectivity index (χ4v) is 3.57. The summed E-state index contributed by atoms with van der Waals surface area (Å²) in [7, 11) is 3.21. The fourth-order valence-electron chi connectivity index (χ4n) is 3.57. The van der Waals surface area contributed by atoms with Crippen LogP contribution in [0.4, 0.5) is 0 Å². The number of benzene rings is 2. The number of allylic oxidation sites excluding steroid dienone is 2. The van der Waals surface area contributed by atoms with Crippen molar-refractivity contribution in [3.63, 3.8) is 0 Å². The number of esters is 1. The van der Waals surface area contributed by atoms with Crippen LogP contribution < -0.4 is 9.47 Å². The molecule has 146 valence electrons. The molecule has 0 aliphatic heterocycles. The van der Waals surface area contributed by atoms with Crippen LogP contribution in [0, 0.1) is 5.92 Å². The van der Waals surface area contributed by atoms with Crippen molar-refractivity contribution >= 4 is 17.3 Å². The first-order chi connectivity index (χ1) is 13.6. The van der Waals surface area contributed by atoms with E-state index in [9.17, 15) is 9.59 Å². The number of carbonyl (C=O) groups excluding carboxylic acids is 2. The van der Waals surface area contributed by atoms with E-state index in [2.05, 4.69) is 0 Å². The minimum absolute atomic E-state index is 0.233. The highest BCUT2D eigenvalue weighted by Crippen LogP contribution is 2.41. The van der Waals surface area contributed by atoms with Crippen LogP contribution in [-0.2, 0) is 14.3 Å². The van der Waals surface area contributed by atoms with Gasteiger partial charge in [-0.25, -0.2) is 0 Å². The zero-order valence-corrected chi connectivity index (χ0v) is 16.3. The zero-order valence-electron chi connectivity index (χ0n) is 16.3. The highest BCUT2D eigenvalue weighted by molar-refractivity contribution is 6.10. The number of hydrogen-bond donors (Lipinski definition) is 0. The van der Waals surface area contributed by atoms with Crippen LogP contribution in [0.15, 0.2) is 54.6 Å². The van der Waals surface area contributed by atoms with Crippen LogP contribution in [0.1, 0.15) is 30.4 Å². The second-order valence-corrected chi connectivity index (χ2v) is 6.62. The van der Waals surface area contributed by atoms with E-state index in [0.29, 0.717) is 12.2 Å². The van der Waals surface area contributed by atoms with Gasteiger partial charge in [0.2, 0.25) is 0 Å². The summed E-state index contributed by atoms with van der Waals surface area (Å²) in [6, 6.07) is 15.1. The lowest BCUT2D eigenvalue weighted by molar-refractivity contribution is -0.151. The Hall–Kier alpha value is -3.08. The maximum absolute atomic E-state index is 12.9. The van der Waals surface area contributed by atoms with Crippen molar-refractivity contribution in [3.8, 4) is 11.5 Å². The first-order valence-corrected chi connectivity index (χ1v) is 9.26. The average molecular weight is 380 g/mol. The predicted molar refractivity (Wildman–Crippen MR) is 106 cm³/mol. The monoisotopic (exact) mass is 380 g/mol. The van der Waals surface area contributed by atoms with Crippen LogP contribution in [0.2, 0.25) is 0 Å². The van der Waals surface area contributed by atoms with Gasteiger partial charge in [0.25, 0.3) is 0 Å². The van der Waals surface area contributed by atoms with Crippen molar-refractivity contribution in [2.45, 2.75) is 19.3 Å². The summed E-state index contributed by atoms with van der Waals surface area (Å²) in [6.45, 7) is 1.98. The van der Waals surface area contributed by atoms with Crippen molar-refractivity contribution in [1.82, 2.24) is 0 Å². The highest BCUT2D eigenvalue weighted by Gasteiger charge is 2.39. The van der Waals surface area contributed by atoms with Gasteiger partial charge >= 0.3 is 5.97 Å². The molecule has 0 bridgehead atoms. The van der Waals surface area contributed by atoms with Gasteiger partial charge in [0.1, 0.15) is 17.4 Å². The molecule has 5 nitrogen and oxygen atoms in total. The minimum Gasteiger partial charge on any atom is -0.497 e. The maximum atomic E-state index is 12.9. The standard InChI is InChI=1S/C23H24O5/c1-4-28-23(25)22-20(16-6-5-7-19(12-16)27-3)13-17(14-21(22)24)15-8-10-18(26-2)11-9-15/h5-12,14,20,22H,4,13H2,1-3H3/t20-,22-/m0/s1. The summed E-state index contributed by atoms with van der Waals surface area (Å²) in [5, 5.41) is 0. The maximum Gasteiger partial charge on any atom is 0.317 e. The second kappa shape index (κ2) is 8.74. The van der Waals surface area contributed by atoms with E-state index in [0.717, 1.165) is 22.4 Å². The van der Waals surface area contributed by atoms with Gasteiger partial charge in [-0.15, -0.1) is 0 Å². The van der Waals surface area contributed by atoms with E-state index in [4.69, 9.17) is 14.2 Å². The lowest BCUT2D eigenvalue weighted by Crippen LogP contribution is -2.34. The first-order valence-electron chi connectivity index (χ1n) is 9.26. The Morgan fingerprint density at radius 1 is 1.04 bits per heavy atom. The number of methoxy groups -OCH3 is 2. The molecule has 2 atom stereocenters. The molecule has 1 aliphatic carbocycles. The van der Waals surface area contributed by atoms with Gasteiger partial charge in [-0.2, -0.15) is 0 Å². The number of ether oxygens (including phenoxy) is 3. The molecule has 0 radical (unpaired) electrons. The Labute approximate surface area is 164 Å². The predicted octanol–water partition coefficient (Wildman–Crippen LogP) is 4.02. The number of hydrogen-bond acceptors (Lipinski definition) is 5. The Morgan fingerprint density at radius 3 is 2.39 bits per heavy atom. The van der Waals surface area contributed by atoms with Crippen LogP contribution in [0.25, 0.3) is 5.57 Å². The molecule has 0 spiro atoms. The molecular weight excluding hydrogens is 356 g/mol. The summed E-state index contributed by atoms with van der Waals surface area (Å²) >= 11 is 0. The molecule has 0 N–H and O–H groups in total. The van der Waals surface area contributed by atoms with E-state index < -0.39 is 11.9 Å². The molecule has 1 aliphatic rings. The minimum atomic E-state index is -0.853. The van der Waals surface area contributed by atoms with Gasteiger partial charge in [-0.3, -0.25) is 9.59 Å². The summed E-state index contributed by atoms with van der Waals surface area (Å²) in [4.78, 5) is 25.5. The SMILES string of the molecule is CCOC(=O)[C@@H]1C(=O)C=C(c2ccc(OC)cc2)C[C@H]1c1cccc(OC)c1. The van der Waals surface area contributed by atoms with Crippen molar-refractivity contribution in [2.75, 3.05) is 20.8 Å². The number of carbonyl (C=O) groups is 2. The molecule has 0 amide bonds. The van der Waals surface area contributed by atoms with Crippen molar-refractivity contribution < 1.29 is 23.8 Å². The van der Waals surface area contributed by atoms with Gasteiger partial charge in [0, 0.05) is 5.92 Å². The third-order valence-electron chi connectivity index (χ3n) is 4.99. The molecule has 5 heteroatoms. The molecule has 0 unspecified atom stereocenters. The third-order valence-corrected chi connectivity index (χ3v) is 4.99. The second-order valence-electron chi connectivity index (χ2n) is 6.62.